The Morgan fingerprint density at radius 2 is 1.59 bits per heavy atom. The monoisotopic (exact) mass is 528 g/mol. The van der Waals surface area contributed by atoms with Crippen LogP contribution in [0, 0.1) is 18.6 Å². The second-order valence-corrected chi connectivity index (χ2v) is 9.25. The van der Waals surface area contributed by atoms with Crippen molar-refractivity contribution in [2.24, 2.45) is 0 Å². The Bertz CT molecular complexity index is 1730. The van der Waals surface area contributed by atoms with E-state index in [0.717, 1.165) is 12.8 Å². The van der Waals surface area contributed by atoms with Gasteiger partial charge in [0.1, 0.15) is 17.5 Å². The van der Waals surface area contributed by atoms with Crippen LogP contribution in [0.2, 0.25) is 0 Å². The van der Waals surface area contributed by atoms with E-state index < -0.39 is 17.4 Å². The number of aryl methyl sites for hydroxylation is 2. The minimum Gasteiger partial charge on any atom is -0.296 e. The van der Waals surface area contributed by atoms with E-state index in [4.69, 9.17) is 0 Å². The summed E-state index contributed by atoms with van der Waals surface area (Å²) >= 11 is 0. The zero-order valence-electron chi connectivity index (χ0n) is 21.5. The molecule has 0 atom stereocenters. The van der Waals surface area contributed by atoms with Gasteiger partial charge in [-0.25, -0.2) is 18.6 Å². The molecule has 0 spiro atoms. The summed E-state index contributed by atoms with van der Waals surface area (Å²) in [4.78, 5) is 32.3. The van der Waals surface area contributed by atoms with Gasteiger partial charge in [0.2, 0.25) is 0 Å². The molecule has 5 aromatic rings. The molecule has 0 saturated carbocycles. The summed E-state index contributed by atoms with van der Waals surface area (Å²) in [6.45, 7) is 3.78. The lowest BCUT2D eigenvalue weighted by Crippen LogP contribution is -2.28. The van der Waals surface area contributed by atoms with Gasteiger partial charge in [-0.3, -0.25) is 18.9 Å². The van der Waals surface area contributed by atoms with Gasteiger partial charge in [0.25, 0.3) is 5.56 Å². The van der Waals surface area contributed by atoms with E-state index in [-0.39, 0.29) is 34.5 Å². The van der Waals surface area contributed by atoms with Gasteiger partial charge in [0.05, 0.1) is 11.4 Å². The van der Waals surface area contributed by atoms with Crippen molar-refractivity contribution in [3.8, 4) is 28.2 Å². The van der Waals surface area contributed by atoms with E-state index in [1.54, 1.807) is 43.3 Å². The third-order valence-corrected chi connectivity index (χ3v) is 6.64. The van der Waals surface area contributed by atoms with Crippen molar-refractivity contribution in [3.63, 3.8) is 0 Å². The molecule has 0 aliphatic rings. The Balaban J connectivity index is 1.60. The zero-order chi connectivity index (χ0) is 27.5. The molecule has 0 radical (unpaired) electrons. The van der Waals surface area contributed by atoms with E-state index in [9.17, 15) is 9.59 Å². The van der Waals surface area contributed by atoms with Crippen molar-refractivity contribution in [2.45, 2.75) is 39.5 Å². The van der Waals surface area contributed by atoms with Gasteiger partial charge in [0.15, 0.2) is 5.82 Å². The van der Waals surface area contributed by atoms with E-state index in [2.05, 4.69) is 19.6 Å². The molecule has 9 heteroatoms. The summed E-state index contributed by atoms with van der Waals surface area (Å²) in [5, 5.41) is 3.70. The Morgan fingerprint density at radius 3 is 2.23 bits per heavy atom. The van der Waals surface area contributed by atoms with Crippen LogP contribution >= 0.6 is 0 Å². The fourth-order valence-corrected chi connectivity index (χ4v) is 4.72. The quantitative estimate of drug-likeness (QED) is 0.276. The number of aromatic nitrogens is 4. The maximum atomic E-state index is 15.6. The highest BCUT2D eigenvalue weighted by atomic mass is 19.1. The first kappa shape index (κ1) is 26.0. The SMILES string of the molecule is CCCCc1nc(C)n(-c2ccccc2)c(=O)c1Cc1c(F)cc(-c2ccccc2-c2noc(=O)[nH]2)cc1F. The van der Waals surface area contributed by atoms with Gasteiger partial charge in [-0.2, -0.15) is 0 Å². The maximum Gasteiger partial charge on any atom is 0.439 e. The fraction of sp³-hybridized carbons (Fsp3) is 0.200. The van der Waals surface area contributed by atoms with Gasteiger partial charge < -0.3 is 0 Å². The molecule has 0 saturated heterocycles. The first-order valence-corrected chi connectivity index (χ1v) is 12.7. The molecule has 0 aliphatic heterocycles. The van der Waals surface area contributed by atoms with E-state index >= 15 is 8.78 Å². The number of aromatic amines is 1. The van der Waals surface area contributed by atoms with Gasteiger partial charge in [-0.15, -0.1) is 0 Å². The summed E-state index contributed by atoms with van der Waals surface area (Å²) in [6, 6.07) is 18.3. The van der Waals surface area contributed by atoms with E-state index in [0.29, 0.717) is 34.8 Å². The molecule has 1 N–H and O–H groups in total. The summed E-state index contributed by atoms with van der Waals surface area (Å²) in [6.07, 6.45) is 1.96. The highest BCUT2D eigenvalue weighted by Gasteiger charge is 2.21. The number of hydrogen-bond donors (Lipinski definition) is 1. The van der Waals surface area contributed by atoms with Crippen LogP contribution in [-0.2, 0) is 12.8 Å². The Morgan fingerprint density at radius 1 is 0.923 bits per heavy atom. The Labute approximate surface area is 222 Å². The van der Waals surface area contributed by atoms with Crippen LogP contribution in [0.1, 0.15) is 42.4 Å². The maximum absolute atomic E-state index is 15.6. The molecular weight excluding hydrogens is 502 g/mol. The summed E-state index contributed by atoms with van der Waals surface area (Å²) < 4.78 is 37.2. The van der Waals surface area contributed by atoms with Gasteiger partial charge in [-0.05, 0) is 55.2 Å². The molecule has 0 fully saturated rings. The van der Waals surface area contributed by atoms with E-state index in [1.165, 1.54) is 16.7 Å². The number of benzene rings is 3. The van der Waals surface area contributed by atoms with Crippen LogP contribution in [0.3, 0.4) is 0 Å². The number of halogens is 2. The fourth-order valence-electron chi connectivity index (χ4n) is 4.72. The predicted molar refractivity (Wildman–Crippen MR) is 144 cm³/mol. The van der Waals surface area contributed by atoms with Crippen LogP contribution in [0.15, 0.2) is 80.8 Å². The summed E-state index contributed by atoms with van der Waals surface area (Å²) in [7, 11) is 0. The number of H-pyrrole nitrogens is 1. The third kappa shape index (κ3) is 5.20. The third-order valence-electron chi connectivity index (χ3n) is 6.64. The minimum atomic E-state index is -0.791. The molecule has 198 valence electrons. The number of nitrogens with one attached hydrogen (secondary N) is 1. The average Bonchev–Trinajstić information content (AvgIpc) is 3.37. The van der Waals surface area contributed by atoms with Crippen molar-refractivity contribution in [1.29, 1.82) is 0 Å². The molecule has 0 aliphatic carbocycles. The average molecular weight is 529 g/mol. The number of unbranched alkanes of at least 4 members (excludes halogenated alkanes) is 1. The van der Waals surface area contributed by atoms with Crippen molar-refractivity contribution < 1.29 is 13.3 Å². The van der Waals surface area contributed by atoms with Gasteiger partial charge in [0, 0.05) is 23.1 Å². The highest BCUT2D eigenvalue weighted by molar-refractivity contribution is 5.80. The van der Waals surface area contributed by atoms with Crippen LogP contribution in [0.4, 0.5) is 8.78 Å². The lowest BCUT2D eigenvalue weighted by molar-refractivity contribution is 0.388. The Kier molecular flexibility index (Phi) is 7.31. The Hall–Kier alpha value is -4.66. The number of nitrogens with zero attached hydrogens (tertiary/aromatic N) is 3. The van der Waals surface area contributed by atoms with Crippen molar-refractivity contribution in [1.82, 2.24) is 19.7 Å². The molecule has 0 bridgehead atoms. The molecule has 2 heterocycles. The second kappa shape index (κ2) is 11.0. The van der Waals surface area contributed by atoms with Gasteiger partial charge >= 0.3 is 5.76 Å². The first-order chi connectivity index (χ1) is 18.9. The van der Waals surface area contributed by atoms with Crippen LogP contribution in [0.25, 0.3) is 28.2 Å². The lowest BCUT2D eigenvalue weighted by atomic mass is 9.95. The van der Waals surface area contributed by atoms with E-state index in [1.807, 2.05) is 25.1 Å². The van der Waals surface area contributed by atoms with Crippen molar-refractivity contribution in [2.75, 3.05) is 0 Å². The molecule has 5 rings (SSSR count). The van der Waals surface area contributed by atoms with Crippen LogP contribution in [-0.4, -0.2) is 19.7 Å². The number of para-hydroxylation sites is 1. The van der Waals surface area contributed by atoms with Crippen molar-refractivity contribution in [3.05, 3.63) is 122 Å². The minimum absolute atomic E-state index is 0.147. The topological polar surface area (TPSA) is 93.8 Å². The smallest absolute Gasteiger partial charge is 0.296 e. The lowest BCUT2D eigenvalue weighted by Gasteiger charge is -2.16. The zero-order valence-corrected chi connectivity index (χ0v) is 21.5. The molecule has 3 aromatic carbocycles. The molecule has 7 nitrogen and oxygen atoms in total. The molecule has 0 amide bonds. The molecule has 2 aromatic heterocycles. The predicted octanol–water partition coefficient (Wildman–Crippen LogP) is 5.76. The summed E-state index contributed by atoms with van der Waals surface area (Å²) in [5.41, 5.74) is 2.05. The normalized spacial score (nSPS) is 11.2. The molecule has 39 heavy (non-hydrogen) atoms. The largest absolute Gasteiger partial charge is 0.439 e. The summed E-state index contributed by atoms with van der Waals surface area (Å²) in [5.74, 6) is -1.66. The van der Waals surface area contributed by atoms with Crippen LogP contribution in [0.5, 0.6) is 0 Å². The standard InChI is InChI=1S/C30H26F2N4O3/c1-3-4-14-27-24(29(37)36(18(2)33-27)20-10-6-5-7-11-20)17-23-25(31)15-19(16-26(23)32)21-12-8-9-13-22(21)28-34-30(38)39-35-28/h5-13,15-16H,3-4,14,17H2,1-2H3,(H,34,35,38). The number of rotatable bonds is 8. The van der Waals surface area contributed by atoms with Gasteiger partial charge in [-0.1, -0.05) is 61.0 Å². The second-order valence-electron chi connectivity index (χ2n) is 9.25. The van der Waals surface area contributed by atoms with Crippen LogP contribution < -0.4 is 11.3 Å². The van der Waals surface area contributed by atoms with Crippen molar-refractivity contribution >= 4 is 0 Å². The first-order valence-electron chi connectivity index (χ1n) is 12.7. The molecular formula is C30H26F2N4O3. The molecule has 0 unspecified atom stereocenters. The highest BCUT2D eigenvalue weighted by Crippen LogP contribution is 2.32. The number of hydrogen-bond acceptors (Lipinski definition) is 5.